The van der Waals surface area contributed by atoms with E-state index in [0.29, 0.717) is 6.54 Å². The predicted molar refractivity (Wildman–Crippen MR) is 80.3 cm³/mol. The Morgan fingerprint density at radius 3 is 2.89 bits per heavy atom. The molecule has 3 aromatic rings. The summed E-state index contributed by atoms with van der Waals surface area (Å²) in [6, 6.07) is 5.83. The van der Waals surface area contributed by atoms with Crippen molar-refractivity contribution < 1.29 is 0 Å². The van der Waals surface area contributed by atoms with Crippen molar-refractivity contribution in [2.45, 2.75) is 13.5 Å². The molecule has 0 atom stereocenters. The third-order valence-corrected chi connectivity index (χ3v) is 3.86. The van der Waals surface area contributed by atoms with Crippen LogP contribution >= 0.6 is 11.3 Å². The number of nitrogens with one attached hydrogen (secondary N) is 1. The van der Waals surface area contributed by atoms with Crippen molar-refractivity contribution in [3.8, 4) is 0 Å². The summed E-state index contributed by atoms with van der Waals surface area (Å²) >= 11 is 1.70. The summed E-state index contributed by atoms with van der Waals surface area (Å²) in [5.74, 6) is 0. The second-order valence-corrected chi connectivity index (χ2v) is 5.66. The van der Waals surface area contributed by atoms with Gasteiger partial charge >= 0.3 is 0 Å². The van der Waals surface area contributed by atoms with Crippen LogP contribution in [0, 0.1) is 6.92 Å². The number of hydrogen-bond donors (Lipinski definition) is 2. The number of nitrogens with two attached hydrogens (primary N) is 1. The molecule has 5 heteroatoms. The number of rotatable bonds is 3. The van der Waals surface area contributed by atoms with E-state index in [0.717, 1.165) is 27.2 Å². The van der Waals surface area contributed by atoms with Crippen LogP contribution < -0.4 is 11.1 Å². The molecule has 0 aliphatic carbocycles. The maximum absolute atomic E-state index is 5.97. The van der Waals surface area contributed by atoms with E-state index in [1.165, 1.54) is 4.88 Å². The van der Waals surface area contributed by atoms with Crippen LogP contribution in [0.5, 0.6) is 0 Å². The highest BCUT2D eigenvalue weighted by molar-refractivity contribution is 7.11. The number of hydrogen-bond acceptors (Lipinski definition) is 5. The van der Waals surface area contributed by atoms with Crippen molar-refractivity contribution in [3.63, 3.8) is 0 Å². The number of nitrogens with zero attached hydrogens (tertiary/aromatic N) is 2. The second kappa shape index (κ2) is 4.85. The molecule has 0 amide bonds. The Balaban J connectivity index is 1.91. The molecule has 0 saturated heterocycles. The Morgan fingerprint density at radius 1 is 1.21 bits per heavy atom. The standard InChI is InChI=1S/C14H14N4S/c1-9-6-18-14(19-9)8-17-13-3-2-12(15)10-4-5-16-7-11(10)13/h2-7,17H,8,15H2,1H3. The van der Waals surface area contributed by atoms with Crippen LogP contribution in [0.4, 0.5) is 11.4 Å². The summed E-state index contributed by atoms with van der Waals surface area (Å²) in [5, 5.41) is 6.53. The lowest BCUT2D eigenvalue weighted by atomic mass is 10.1. The molecule has 1 aromatic carbocycles. The first kappa shape index (κ1) is 11.9. The quantitative estimate of drug-likeness (QED) is 0.717. The summed E-state index contributed by atoms with van der Waals surface area (Å²) in [7, 11) is 0. The number of thiazole rings is 1. The molecule has 2 aromatic heterocycles. The lowest BCUT2D eigenvalue weighted by Crippen LogP contribution is -2.00. The molecule has 0 aliphatic rings. The minimum Gasteiger partial charge on any atom is -0.398 e. The van der Waals surface area contributed by atoms with Crippen LogP contribution in [0.15, 0.2) is 36.8 Å². The zero-order valence-corrected chi connectivity index (χ0v) is 11.4. The normalized spacial score (nSPS) is 10.8. The first-order valence-corrected chi connectivity index (χ1v) is 6.83. The van der Waals surface area contributed by atoms with E-state index < -0.39 is 0 Å². The maximum atomic E-state index is 5.97. The molecule has 0 aliphatic heterocycles. The molecule has 96 valence electrons. The SMILES string of the molecule is Cc1cnc(CNc2ccc(N)c3ccncc23)s1. The van der Waals surface area contributed by atoms with E-state index in [1.54, 1.807) is 17.5 Å². The largest absolute Gasteiger partial charge is 0.398 e. The summed E-state index contributed by atoms with van der Waals surface area (Å²) in [4.78, 5) is 9.73. The maximum Gasteiger partial charge on any atom is 0.112 e. The van der Waals surface area contributed by atoms with Crippen molar-refractivity contribution in [2.24, 2.45) is 0 Å². The van der Waals surface area contributed by atoms with Gasteiger partial charge in [-0.05, 0) is 25.1 Å². The van der Waals surface area contributed by atoms with Gasteiger partial charge in [-0.15, -0.1) is 11.3 Å². The van der Waals surface area contributed by atoms with Crippen LogP contribution in [-0.4, -0.2) is 9.97 Å². The van der Waals surface area contributed by atoms with Crippen LogP contribution in [0.2, 0.25) is 0 Å². The van der Waals surface area contributed by atoms with Gasteiger partial charge in [0.25, 0.3) is 0 Å². The fourth-order valence-corrected chi connectivity index (χ4v) is 2.75. The highest BCUT2D eigenvalue weighted by Crippen LogP contribution is 2.27. The molecule has 0 radical (unpaired) electrons. The van der Waals surface area contributed by atoms with Crippen LogP contribution in [0.1, 0.15) is 9.88 Å². The summed E-state index contributed by atoms with van der Waals surface area (Å²) in [6.45, 7) is 2.77. The van der Waals surface area contributed by atoms with Gasteiger partial charge in [0, 0.05) is 45.6 Å². The molecule has 19 heavy (non-hydrogen) atoms. The Labute approximate surface area is 115 Å². The Morgan fingerprint density at radius 2 is 2.11 bits per heavy atom. The lowest BCUT2D eigenvalue weighted by Gasteiger charge is -2.09. The van der Waals surface area contributed by atoms with Crippen molar-refractivity contribution in [1.82, 2.24) is 9.97 Å². The number of anilines is 2. The third-order valence-electron chi connectivity index (χ3n) is 2.95. The topological polar surface area (TPSA) is 63.8 Å². The first-order valence-electron chi connectivity index (χ1n) is 6.01. The predicted octanol–water partition coefficient (Wildman–Crippen LogP) is 3.19. The van der Waals surface area contributed by atoms with Gasteiger partial charge in [-0.3, -0.25) is 4.98 Å². The fraction of sp³-hybridized carbons (Fsp3) is 0.143. The zero-order chi connectivity index (χ0) is 13.2. The summed E-state index contributed by atoms with van der Waals surface area (Å²) in [6.07, 6.45) is 5.48. The average Bonchev–Trinajstić information content (AvgIpc) is 2.84. The Kier molecular flexibility index (Phi) is 3.05. The van der Waals surface area contributed by atoms with Crippen molar-refractivity contribution >= 4 is 33.5 Å². The third kappa shape index (κ3) is 2.37. The number of pyridine rings is 1. The average molecular weight is 270 g/mol. The summed E-state index contributed by atoms with van der Waals surface area (Å²) < 4.78 is 0. The van der Waals surface area contributed by atoms with Gasteiger partial charge in [0.2, 0.25) is 0 Å². The van der Waals surface area contributed by atoms with Crippen LogP contribution in [0.25, 0.3) is 10.8 Å². The molecule has 4 nitrogen and oxygen atoms in total. The smallest absolute Gasteiger partial charge is 0.112 e. The number of nitrogen functional groups attached to an aromatic ring is 1. The number of fused-ring (bicyclic) bond motifs is 1. The number of aromatic nitrogens is 2. The van der Waals surface area contributed by atoms with E-state index in [2.05, 4.69) is 22.2 Å². The first-order chi connectivity index (χ1) is 9.24. The minimum absolute atomic E-state index is 0.715. The molecule has 3 rings (SSSR count). The number of benzene rings is 1. The molecule has 0 saturated carbocycles. The van der Waals surface area contributed by atoms with Crippen molar-refractivity contribution in [1.29, 1.82) is 0 Å². The van der Waals surface area contributed by atoms with E-state index in [4.69, 9.17) is 5.73 Å². The Bertz CT molecular complexity index is 720. The highest BCUT2D eigenvalue weighted by atomic mass is 32.1. The van der Waals surface area contributed by atoms with E-state index >= 15 is 0 Å². The van der Waals surface area contributed by atoms with Gasteiger partial charge in [-0.1, -0.05) is 0 Å². The number of aryl methyl sites for hydroxylation is 1. The van der Waals surface area contributed by atoms with Crippen molar-refractivity contribution in [3.05, 3.63) is 46.7 Å². The van der Waals surface area contributed by atoms with Gasteiger partial charge < -0.3 is 11.1 Å². The molecular weight excluding hydrogens is 256 g/mol. The fourth-order valence-electron chi connectivity index (χ4n) is 2.02. The monoisotopic (exact) mass is 270 g/mol. The van der Waals surface area contributed by atoms with Crippen molar-refractivity contribution in [2.75, 3.05) is 11.1 Å². The molecular formula is C14H14N4S. The molecule has 0 spiro atoms. The van der Waals surface area contributed by atoms with Gasteiger partial charge in [0.15, 0.2) is 0 Å². The lowest BCUT2D eigenvalue weighted by molar-refractivity contribution is 1.10. The van der Waals surface area contributed by atoms with E-state index in [1.807, 2.05) is 30.6 Å². The van der Waals surface area contributed by atoms with E-state index in [-0.39, 0.29) is 0 Å². The van der Waals surface area contributed by atoms with E-state index in [9.17, 15) is 0 Å². The Hall–Kier alpha value is -2.14. The van der Waals surface area contributed by atoms with Gasteiger partial charge in [-0.2, -0.15) is 0 Å². The molecule has 0 bridgehead atoms. The van der Waals surface area contributed by atoms with Gasteiger partial charge in [0.05, 0.1) is 6.54 Å². The molecule has 2 heterocycles. The summed E-state index contributed by atoms with van der Waals surface area (Å²) in [5.41, 5.74) is 7.77. The molecule has 0 fully saturated rings. The minimum atomic E-state index is 0.715. The molecule has 0 unspecified atom stereocenters. The highest BCUT2D eigenvalue weighted by Gasteiger charge is 2.05. The zero-order valence-electron chi connectivity index (χ0n) is 10.6. The second-order valence-electron chi connectivity index (χ2n) is 4.34. The molecule has 3 N–H and O–H groups in total. The van der Waals surface area contributed by atoms with Crippen LogP contribution in [0.3, 0.4) is 0 Å². The van der Waals surface area contributed by atoms with Gasteiger partial charge in [0.1, 0.15) is 5.01 Å². The van der Waals surface area contributed by atoms with Crippen LogP contribution in [-0.2, 0) is 6.54 Å². The van der Waals surface area contributed by atoms with Gasteiger partial charge in [-0.25, -0.2) is 4.98 Å².